The first kappa shape index (κ1) is 15.8. The Morgan fingerprint density at radius 3 is 2.17 bits per heavy atom. The Morgan fingerprint density at radius 2 is 1.57 bits per heavy atom. The van der Waals surface area contributed by atoms with Crippen molar-refractivity contribution in [2.24, 2.45) is 10.2 Å². The molecule has 23 heavy (non-hydrogen) atoms. The zero-order chi connectivity index (χ0) is 17.1. The third-order valence-corrected chi connectivity index (χ3v) is 3.01. The smallest absolute Gasteiger partial charge is 0.303 e. The van der Waals surface area contributed by atoms with Gasteiger partial charge < -0.3 is 10.2 Å². The summed E-state index contributed by atoms with van der Waals surface area (Å²) in [7, 11) is 0. The van der Waals surface area contributed by atoms with Gasteiger partial charge in [0.2, 0.25) is 0 Å². The quantitative estimate of drug-likeness (QED) is 0.498. The van der Waals surface area contributed by atoms with Crippen molar-refractivity contribution in [3.8, 4) is 11.5 Å². The van der Waals surface area contributed by atoms with Crippen LogP contribution in [0.25, 0.3) is 0 Å². The van der Waals surface area contributed by atoms with Gasteiger partial charge in [-0.1, -0.05) is 0 Å². The predicted molar refractivity (Wildman–Crippen MR) is 78.4 cm³/mol. The largest absolute Gasteiger partial charge is 0.508 e. The Hall–Kier alpha value is -3.56. The van der Waals surface area contributed by atoms with Crippen molar-refractivity contribution in [2.45, 2.75) is 6.92 Å². The first-order valence-electron chi connectivity index (χ1n) is 6.17. The average molecular weight is 318 g/mol. The summed E-state index contributed by atoms with van der Waals surface area (Å²) >= 11 is 0. The summed E-state index contributed by atoms with van der Waals surface area (Å²) in [5.41, 5.74) is -1.06. The fourth-order valence-electron chi connectivity index (χ4n) is 1.72. The van der Waals surface area contributed by atoms with Crippen LogP contribution in [0.1, 0.15) is 5.56 Å². The molecule has 0 radical (unpaired) electrons. The maximum atomic E-state index is 11.0. The molecule has 2 aromatic carbocycles. The number of phenolic OH excluding ortho intramolecular Hbond substituents is 2. The lowest BCUT2D eigenvalue weighted by Crippen LogP contribution is -1.92. The van der Waals surface area contributed by atoms with Crippen LogP contribution in [0, 0.1) is 27.2 Å². The van der Waals surface area contributed by atoms with Crippen LogP contribution < -0.4 is 0 Å². The minimum absolute atomic E-state index is 0.00653. The van der Waals surface area contributed by atoms with E-state index in [4.69, 9.17) is 0 Å². The molecule has 0 aromatic heterocycles. The predicted octanol–water partition coefficient (Wildman–Crippen LogP) is 3.64. The highest BCUT2D eigenvalue weighted by molar-refractivity contribution is 5.63. The number of hydrogen-bond donors (Lipinski definition) is 2. The molecule has 0 aliphatic carbocycles. The minimum atomic E-state index is -0.816. The van der Waals surface area contributed by atoms with E-state index in [-0.39, 0.29) is 28.4 Å². The van der Waals surface area contributed by atoms with E-state index >= 15 is 0 Å². The highest BCUT2D eigenvalue weighted by atomic mass is 16.6. The van der Waals surface area contributed by atoms with Crippen LogP contribution in [0.15, 0.2) is 40.6 Å². The molecular weight excluding hydrogens is 308 g/mol. The second kappa shape index (κ2) is 6.05. The molecule has 10 heteroatoms. The Morgan fingerprint density at radius 1 is 0.957 bits per heavy atom. The molecule has 0 fully saturated rings. The summed E-state index contributed by atoms with van der Waals surface area (Å²) in [6.07, 6.45) is 0. The zero-order valence-electron chi connectivity index (χ0n) is 11.7. The number of nitro benzene ring substituents is 2. The fraction of sp³-hybridized carbons (Fsp3) is 0.0769. The Bertz CT molecular complexity index is 833. The number of non-ortho nitro benzene ring substituents is 1. The van der Waals surface area contributed by atoms with Gasteiger partial charge in [-0.2, -0.15) is 0 Å². The molecule has 0 spiro atoms. The maximum Gasteiger partial charge on any atom is 0.303 e. The molecule has 2 aromatic rings. The third kappa shape index (κ3) is 3.20. The second-order valence-corrected chi connectivity index (χ2v) is 4.46. The van der Waals surface area contributed by atoms with E-state index in [1.54, 1.807) is 0 Å². The minimum Gasteiger partial charge on any atom is -0.508 e. The number of aromatic hydroxyl groups is 2. The van der Waals surface area contributed by atoms with E-state index in [0.717, 1.165) is 18.2 Å². The molecule has 118 valence electrons. The van der Waals surface area contributed by atoms with Gasteiger partial charge in [0.15, 0.2) is 5.69 Å². The summed E-state index contributed by atoms with van der Waals surface area (Å²) in [5, 5.41) is 48.2. The SMILES string of the molecule is Cc1c(O)ccc(N=Nc2ccc([N+](=O)[O-])cc2[N+](=O)[O-])c1O. The summed E-state index contributed by atoms with van der Waals surface area (Å²) in [6.45, 7) is 1.46. The van der Waals surface area contributed by atoms with Gasteiger partial charge in [-0.3, -0.25) is 20.2 Å². The lowest BCUT2D eigenvalue weighted by Gasteiger charge is -2.03. The summed E-state index contributed by atoms with van der Waals surface area (Å²) in [5.74, 6) is -0.457. The average Bonchev–Trinajstić information content (AvgIpc) is 2.51. The monoisotopic (exact) mass is 318 g/mol. The van der Waals surface area contributed by atoms with Gasteiger partial charge >= 0.3 is 5.69 Å². The van der Waals surface area contributed by atoms with Crippen LogP contribution in [0.4, 0.5) is 22.7 Å². The molecule has 0 amide bonds. The van der Waals surface area contributed by atoms with Gasteiger partial charge in [-0.15, -0.1) is 10.2 Å². The first-order valence-corrected chi connectivity index (χ1v) is 6.17. The summed E-state index contributed by atoms with van der Waals surface area (Å²) in [6, 6.07) is 5.48. The number of rotatable bonds is 4. The highest BCUT2D eigenvalue weighted by Gasteiger charge is 2.19. The van der Waals surface area contributed by atoms with Crippen LogP contribution in [0.3, 0.4) is 0 Å². The van der Waals surface area contributed by atoms with Crippen LogP contribution >= 0.6 is 0 Å². The zero-order valence-corrected chi connectivity index (χ0v) is 11.7. The lowest BCUT2D eigenvalue weighted by atomic mass is 10.2. The van der Waals surface area contributed by atoms with Crippen molar-refractivity contribution in [3.63, 3.8) is 0 Å². The van der Waals surface area contributed by atoms with E-state index in [2.05, 4.69) is 10.2 Å². The Kier molecular flexibility index (Phi) is 4.16. The topological polar surface area (TPSA) is 151 Å². The van der Waals surface area contributed by atoms with Gasteiger partial charge in [0.25, 0.3) is 5.69 Å². The number of nitrogens with zero attached hydrogens (tertiary/aromatic N) is 4. The molecule has 0 bridgehead atoms. The number of azo groups is 1. The van der Waals surface area contributed by atoms with E-state index in [0.29, 0.717) is 0 Å². The van der Waals surface area contributed by atoms with Crippen molar-refractivity contribution in [3.05, 3.63) is 56.1 Å². The van der Waals surface area contributed by atoms with Crippen LogP contribution in [-0.4, -0.2) is 20.1 Å². The fourth-order valence-corrected chi connectivity index (χ4v) is 1.72. The van der Waals surface area contributed by atoms with E-state index in [1.807, 2.05) is 0 Å². The van der Waals surface area contributed by atoms with Crippen molar-refractivity contribution in [1.82, 2.24) is 0 Å². The van der Waals surface area contributed by atoms with Crippen molar-refractivity contribution < 1.29 is 20.1 Å². The molecule has 0 aliphatic heterocycles. The molecule has 2 rings (SSSR count). The summed E-state index contributed by atoms with van der Waals surface area (Å²) in [4.78, 5) is 20.0. The molecule has 0 aliphatic rings. The van der Waals surface area contributed by atoms with E-state index < -0.39 is 21.2 Å². The molecule has 0 heterocycles. The number of nitro groups is 2. The second-order valence-electron chi connectivity index (χ2n) is 4.46. The molecule has 0 atom stereocenters. The van der Waals surface area contributed by atoms with Crippen LogP contribution in [0.2, 0.25) is 0 Å². The number of benzene rings is 2. The van der Waals surface area contributed by atoms with Gasteiger partial charge in [0.1, 0.15) is 17.2 Å². The third-order valence-electron chi connectivity index (χ3n) is 3.01. The van der Waals surface area contributed by atoms with Gasteiger partial charge in [-0.25, -0.2) is 0 Å². The van der Waals surface area contributed by atoms with Crippen LogP contribution in [-0.2, 0) is 0 Å². The molecule has 2 N–H and O–H groups in total. The Labute approximate surface area is 128 Å². The lowest BCUT2D eigenvalue weighted by molar-refractivity contribution is -0.393. The van der Waals surface area contributed by atoms with Crippen molar-refractivity contribution in [2.75, 3.05) is 0 Å². The van der Waals surface area contributed by atoms with Gasteiger partial charge in [-0.05, 0) is 25.1 Å². The molecule has 0 saturated carbocycles. The highest BCUT2D eigenvalue weighted by Crippen LogP contribution is 2.37. The van der Waals surface area contributed by atoms with E-state index in [1.165, 1.54) is 19.1 Å². The van der Waals surface area contributed by atoms with Gasteiger partial charge in [0.05, 0.1) is 15.9 Å². The maximum absolute atomic E-state index is 11.0. The standard InChI is InChI=1S/C13H10N4O6/c1-7-12(18)5-4-10(13(7)19)15-14-9-3-2-8(16(20)21)6-11(9)17(22)23/h2-6,18-19H,1H3. The summed E-state index contributed by atoms with van der Waals surface area (Å²) < 4.78 is 0. The first-order chi connectivity index (χ1) is 10.8. The molecule has 10 nitrogen and oxygen atoms in total. The normalized spacial score (nSPS) is 10.8. The van der Waals surface area contributed by atoms with Crippen molar-refractivity contribution in [1.29, 1.82) is 0 Å². The molecular formula is C13H10N4O6. The van der Waals surface area contributed by atoms with Gasteiger partial charge in [0, 0.05) is 11.6 Å². The number of hydrogen-bond acceptors (Lipinski definition) is 8. The number of phenols is 2. The van der Waals surface area contributed by atoms with E-state index in [9.17, 15) is 30.4 Å². The molecule has 0 saturated heterocycles. The van der Waals surface area contributed by atoms with Crippen LogP contribution in [0.5, 0.6) is 11.5 Å². The van der Waals surface area contributed by atoms with Crippen molar-refractivity contribution >= 4 is 22.7 Å². The Balaban J connectivity index is 2.46. The molecule has 0 unspecified atom stereocenters.